The molecule has 2 aliphatic heterocycles. The number of amides is 3. The minimum atomic E-state index is -1.28. The minimum absolute atomic E-state index is 0.0539. The maximum absolute atomic E-state index is 13.1. The molecule has 21 heteroatoms. The molecule has 3 amide bonds. The number of nitrogen functional groups attached to an aromatic ring is 1. The van der Waals surface area contributed by atoms with Crippen molar-refractivity contribution in [3.8, 4) is 0 Å². The number of rotatable bonds is 12. The summed E-state index contributed by atoms with van der Waals surface area (Å²) in [7, 11) is 0. The Hall–Kier alpha value is -3.98. The Balaban J connectivity index is 1.39. The Bertz CT molecular complexity index is 1450. The van der Waals surface area contributed by atoms with E-state index in [9.17, 15) is 24.3 Å². The second-order valence-corrected chi connectivity index (χ2v) is 12.7. The zero-order valence-corrected chi connectivity index (χ0v) is 25.9. The number of tetrazole rings is 1. The van der Waals surface area contributed by atoms with E-state index in [1.54, 1.807) is 27.7 Å². The van der Waals surface area contributed by atoms with Gasteiger partial charge in [-0.05, 0) is 43.7 Å². The fourth-order valence-electron chi connectivity index (χ4n) is 3.82. The van der Waals surface area contributed by atoms with Crippen LogP contribution in [-0.2, 0) is 30.5 Å². The van der Waals surface area contributed by atoms with Gasteiger partial charge in [-0.2, -0.15) is 9.36 Å². The van der Waals surface area contributed by atoms with Gasteiger partial charge in [0.25, 0.3) is 11.8 Å². The number of carbonyl (C=O) groups is 4. The number of nitrogens with two attached hydrogens (primary N) is 1. The Morgan fingerprint density at radius 2 is 2.07 bits per heavy atom. The number of fused-ring (bicyclic) bond motifs is 1. The molecule has 1 saturated heterocycles. The number of carbonyl (C=O) groups excluding carboxylic acids is 3. The predicted molar refractivity (Wildman–Crippen MR) is 155 cm³/mol. The first-order valence-corrected chi connectivity index (χ1v) is 15.6. The SMILES string of the molecule is CCO/N=C(\C(=O)NC1C(=O)N2C(C(=O)O)=C(CSc3nnnn3CCNC(=O)OC(C)(C)C)CS[C@H]12)c1nsc(N)n1. The highest BCUT2D eigenvalue weighted by molar-refractivity contribution is 8.01. The normalized spacial score (nSPS) is 18.6. The molecule has 43 heavy (non-hydrogen) atoms. The van der Waals surface area contributed by atoms with Crippen LogP contribution < -0.4 is 16.4 Å². The lowest BCUT2D eigenvalue weighted by Crippen LogP contribution is -2.71. The molecule has 5 N–H and O–H groups in total. The van der Waals surface area contributed by atoms with Gasteiger partial charge in [-0.1, -0.05) is 16.9 Å². The number of hydrogen-bond donors (Lipinski definition) is 4. The zero-order chi connectivity index (χ0) is 31.3. The number of carboxylic acids is 1. The molecule has 18 nitrogen and oxygen atoms in total. The molecule has 2 atom stereocenters. The van der Waals surface area contributed by atoms with Crippen LogP contribution >= 0.6 is 35.1 Å². The summed E-state index contributed by atoms with van der Waals surface area (Å²) in [5.41, 5.74) is 5.06. The van der Waals surface area contributed by atoms with Crippen molar-refractivity contribution in [3.63, 3.8) is 0 Å². The van der Waals surface area contributed by atoms with Crippen LogP contribution in [0.4, 0.5) is 9.93 Å². The number of aliphatic carboxylic acids is 1. The van der Waals surface area contributed by atoms with E-state index >= 15 is 0 Å². The van der Waals surface area contributed by atoms with Gasteiger partial charge in [0.2, 0.25) is 16.7 Å². The lowest BCUT2D eigenvalue weighted by Gasteiger charge is -2.49. The van der Waals surface area contributed by atoms with E-state index in [0.717, 1.165) is 16.4 Å². The molecule has 0 aromatic carbocycles. The predicted octanol–water partition coefficient (Wildman–Crippen LogP) is -0.0970. The van der Waals surface area contributed by atoms with Crippen molar-refractivity contribution in [2.75, 3.05) is 30.4 Å². The monoisotopic (exact) mass is 655 g/mol. The summed E-state index contributed by atoms with van der Waals surface area (Å²) >= 11 is 3.36. The number of hydrogen-bond acceptors (Lipinski definition) is 16. The number of carboxylic acid groups (broad SMARTS) is 1. The first-order valence-electron chi connectivity index (χ1n) is 12.8. The summed E-state index contributed by atoms with van der Waals surface area (Å²) in [5.74, 6) is -2.22. The summed E-state index contributed by atoms with van der Waals surface area (Å²) in [6.45, 7) is 7.57. The van der Waals surface area contributed by atoms with Gasteiger partial charge in [0.05, 0.1) is 6.54 Å². The van der Waals surface area contributed by atoms with E-state index < -0.39 is 40.9 Å². The van der Waals surface area contributed by atoms with Gasteiger partial charge >= 0.3 is 12.1 Å². The molecule has 4 rings (SSSR count). The molecule has 0 aliphatic carbocycles. The molecular weight excluding hydrogens is 627 g/mol. The summed E-state index contributed by atoms with van der Waals surface area (Å²) < 4.78 is 10.6. The van der Waals surface area contributed by atoms with Gasteiger partial charge in [0.1, 0.15) is 29.3 Å². The smallest absolute Gasteiger partial charge is 0.407 e. The first-order chi connectivity index (χ1) is 20.4. The Labute approximate surface area is 257 Å². The molecule has 232 valence electrons. The maximum Gasteiger partial charge on any atom is 0.407 e. The minimum Gasteiger partial charge on any atom is -0.477 e. The van der Waals surface area contributed by atoms with Crippen molar-refractivity contribution in [1.82, 2.24) is 45.1 Å². The number of alkyl carbamates (subject to hydrolysis) is 1. The molecule has 4 heterocycles. The van der Waals surface area contributed by atoms with Gasteiger partial charge in [-0.25, -0.2) is 14.3 Å². The highest BCUT2D eigenvalue weighted by atomic mass is 32.2. The van der Waals surface area contributed by atoms with Gasteiger partial charge in [0.15, 0.2) is 5.13 Å². The van der Waals surface area contributed by atoms with Gasteiger partial charge < -0.3 is 31.0 Å². The number of oxime groups is 1. The fourth-order valence-corrected chi connectivity index (χ4v) is 6.64. The molecule has 1 fully saturated rings. The Morgan fingerprint density at radius 1 is 1.30 bits per heavy atom. The average Bonchev–Trinajstić information content (AvgIpc) is 3.57. The third-order valence-electron chi connectivity index (χ3n) is 5.56. The fraction of sp³-hybridized carbons (Fsp3) is 0.545. The average molecular weight is 656 g/mol. The topological polar surface area (TPSA) is 242 Å². The molecule has 1 unspecified atom stereocenters. The van der Waals surface area contributed by atoms with Crippen LogP contribution in [0, 0.1) is 0 Å². The number of aromatic nitrogens is 6. The summed E-state index contributed by atoms with van der Waals surface area (Å²) in [4.78, 5) is 60.4. The lowest BCUT2D eigenvalue weighted by atomic mass is 10.0. The zero-order valence-electron chi connectivity index (χ0n) is 23.5. The van der Waals surface area contributed by atoms with Crippen LogP contribution in [0.2, 0.25) is 0 Å². The van der Waals surface area contributed by atoms with Gasteiger partial charge in [-0.15, -0.1) is 16.9 Å². The molecule has 0 bridgehead atoms. The summed E-state index contributed by atoms with van der Waals surface area (Å²) in [5, 5.41) is 30.4. The van der Waals surface area contributed by atoms with E-state index in [2.05, 4.69) is 40.7 Å². The number of nitrogens with zero attached hydrogens (tertiary/aromatic N) is 8. The second kappa shape index (κ2) is 13.5. The summed E-state index contributed by atoms with van der Waals surface area (Å²) in [6.07, 6.45) is -0.573. The highest BCUT2D eigenvalue weighted by Gasteiger charge is 2.54. The van der Waals surface area contributed by atoms with Gasteiger partial charge in [-0.3, -0.25) is 14.5 Å². The van der Waals surface area contributed by atoms with Crippen LogP contribution in [-0.4, -0.2) is 111 Å². The van der Waals surface area contributed by atoms with Crippen LogP contribution in [0.15, 0.2) is 21.6 Å². The molecule has 2 aliphatic rings. The quantitative estimate of drug-likeness (QED) is 0.101. The van der Waals surface area contributed by atoms with Crippen molar-refractivity contribution < 1.29 is 33.9 Å². The van der Waals surface area contributed by atoms with Crippen molar-refractivity contribution in [2.45, 2.75) is 56.4 Å². The molecule has 2 aromatic heterocycles. The van der Waals surface area contributed by atoms with E-state index in [1.807, 2.05) is 0 Å². The van der Waals surface area contributed by atoms with Crippen LogP contribution in [0.3, 0.4) is 0 Å². The number of nitrogens with one attached hydrogen (secondary N) is 2. The molecule has 2 aromatic rings. The number of thioether (sulfide) groups is 2. The van der Waals surface area contributed by atoms with E-state index in [0.29, 0.717) is 10.7 Å². The third-order valence-corrected chi connectivity index (χ3v) is 8.48. The molecule has 0 saturated carbocycles. The highest BCUT2D eigenvalue weighted by Crippen LogP contribution is 2.41. The largest absolute Gasteiger partial charge is 0.477 e. The van der Waals surface area contributed by atoms with Crippen LogP contribution in [0.1, 0.15) is 33.5 Å². The third kappa shape index (κ3) is 7.70. The van der Waals surface area contributed by atoms with Crippen molar-refractivity contribution in [3.05, 3.63) is 17.1 Å². The Morgan fingerprint density at radius 3 is 2.72 bits per heavy atom. The van der Waals surface area contributed by atoms with Crippen molar-refractivity contribution in [2.24, 2.45) is 5.16 Å². The van der Waals surface area contributed by atoms with E-state index in [-0.39, 0.29) is 53.6 Å². The summed E-state index contributed by atoms with van der Waals surface area (Å²) in [6, 6.07) is -1.01. The molecule has 0 radical (unpaired) electrons. The lowest BCUT2D eigenvalue weighted by molar-refractivity contribution is -0.150. The van der Waals surface area contributed by atoms with Crippen molar-refractivity contribution in [1.29, 1.82) is 0 Å². The van der Waals surface area contributed by atoms with E-state index in [4.69, 9.17) is 15.3 Å². The van der Waals surface area contributed by atoms with Crippen LogP contribution in [0.25, 0.3) is 0 Å². The van der Waals surface area contributed by atoms with Gasteiger partial charge in [0, 0.05) is 29.6 Å². The van der Waals surface area contributed by atoms with Crippen LogP contribution in [0.5, 0.6) is 0 Å². The second-order valence-electron chi connectivity index (χ2n) is 9.83. The van der Waals surface area contributed by atoms with E-state index in [1.165, 1.54) is 28.2 Å². The van der Waals surface area contributed by atoms with Crippen molar-refractivity contribution >= 4 is 69.8 Å². The molecular formula is C22H29N11O7S3. The first kappa shape index (κ1) is 31.9. The molecule has 0 spiro atoms. The Kier molecular flexibility index (Phi) is 10.1. The number of anilines is 1. The number of β-lactam (4-membered cyclic amide) rings is 1. The maximum atomic E-state index is 13.1. The standard InChI is InChI=1S/C22H29N11O7S3/c1-5-39-28-11(14-26-19(23)43-29-14)15(34)25-12-16(35)33-13(18(36)37)10(8-41-17(12)33)9-42-20-27-30-31-32(20)7-6-24-21(38)40-22(2,3)4/h12,17H,5-9H2,1-4H3,(H,24,38)(H,25,34)(H,36,37)(H2,23,26,29)/b28-11-/t12?,17-/m1/s1. The number of ether oxygens (including phenoxy) is 1.